The maximum atomic E-state index is 11.7. The normalized spacial score (nSPS) is 21.1. The highest BCUT2D eigenvalue weighted by Crippen LogP contribution is 2.07. The topological polar surface area (TPSA) is 70.2 Å². The fourth-order valence-electron chi connectivity index (χ4n) is 1.61. The van der Waals surface area contributed by atoms with E-state index >= 15 is 0 Å². The SMILES string of the molecule is CCC(C)NC(=O)CCNC(=O)C1CSCCN1. The van der Waals surface area contributed by atoms with Gasteiger partial charge in [0.05, 0.1) is 6.04 Å². The molecule has 104 valence electrons. The highest BCUT2D eigenvalue weighted by Gasteiger charge is 2.20. The molecule has 18 heavy (non-hydrogen) atoms. The van der Waals surface area contributed by atoms with Crippen molar-refractivity contribution in [3.63, 3.8) is 0 Å². The van der Waals surface area contributed by atoms with Gasteiger partial charge in [0.15, 0.2) is 0 Å². The Morgan fingerprint density at radius 2 is 2.28 bits per heavy atom. The number of hydrogen-bond donors (Lipinski definition) is 3. The molecule has 3 N–H and O–H groups in total. The largest absolute Gasteiger partial charge is 0.354 e. The summed E-state index contributed by atoms with van der Waals surface area (Å²) < 4.78 is 0. The van der Waals surface area contributed by atoms with E-state index in [0.717, 1.165) is 24.5 Å². The number of carbonyl (C=O) groups is 2. The molecule has 0 aromatic heterocycles. The minimum Gasteiger partial charge on any atom is -0.354 e. The molecule has 2 amide bonds. The number of thioether (sulfide) groups is 1. The lowest BCUT2D eigenvalue weighted by Crippen LogP contribution is -2.49. The van der Waals surface area contributed by atoms with E-state index in [1.807, 2.05) is 13.8 Å². The lowest BCUT2D eigenvalue weighted by Gasteiger charge is -2.22. The molecule has 1 heterocycles. The molecule has 2 atom stereocenters. The quantitative estimate of drug-likeness (QED) is 0.642. The second kappa shape index (κ2) is 8.37. The highest BCUT2D eigenvalue weighted by atomic mass is 32.2. The minimum atomic E-state index is -0.110. The van der Waals surface area contributed by atoms with Crippen LogP contribution in [-0.4, -0.2) is 48.5 Å². The van der Waals surface area contributed by atoms with E-state index in [9.17, 15) is 9.59 Å². The average molecular weight is 273 g/mol. The predicted octanol–water partition coefficient (Wildman–Crippen LogP) is 0.112. The molecule has 0 bridgehead atoms. The van der Waals surface area contributed by atoms with Crippen molar-refractivity contribution < 1.29 is 9.59 Å². The van der Waals surface area contributed by atoms with Gasteiger partial charge in [-0.15, -0.1) is 0 Å². The zero-order chi connectivity index (χ0) is 13.4. The van der Waals surface area contributed by atoms with E-state index < -0.39 is 0 Å². The first-order valence-electron chi connectivity index (χ1n) is 6.51. The third-order valence-corrected chi connectivity index (χ3v) is 3.97. The van der Waals surface area contributed by atoms with Crippen molar-refractivity contribution in [2.45, 2.75) is 38.8 Å². The van der Waals surface area contributed by atoms with Gasteiger partial charge in [-0.2, -0.15) is 11.8 Å². The lowest BCUT2D eigenvalue weighted by atomic mass is 10.2. The Labute approximate surface area is 113 Å². The summed E-state index contributed by atoms with van der Waals surface area (Å²) in [6, 6.07) is 0.0889. The van der Waals surface area contributed by atoms with Gasteiger partial charge in [-0.05, 0) is 13.3 Å². The summed E-state index contributed by atoms with van der Waals surface area (Å²) in [7, 11) is 0. The molecule has 1 fully saturated rings. The number of rotatable bonds is 6. The third-order valence-electron chi connectivity index (χ3n) is 2.91. The van der Waals surface area contributed by atoms with Gasteiger partial charge in [-0.1, -0.05) is 6.92 Å². The first kappa shape index (κ1) is 15.3. The van der Waals surface area contributed by atoms with Crippen LogP contribution in [0.5, 0.6) is 0 Å². The first-order valence-corrected chi connectivity index (χ1v) is 7.67. The van der Waals surface area contributed by atoms with Gasteiger partial charge in [-0.3, -0.25) is 9.59 Å². The molecule has 0 saturated carbocycles. The van der Waals surface area contributed by atoms with Crippen molar-refractivity contribution in [1.29, 1.82) is 0 Å². The summed E-state index contributed by atoms with van der Waals surface area (Å²) in [4.78, 5) is 23.2. The van der Waals surface area contributed by atoms with E-state index in [2.05, 4.69) is 16.0 Å². The van der Waals surface area contributed by atoms with Crippen LogP contribution in [0.15, 0.2) is 0 Å². The Hall–Kier alpha value is -0.750. The van der Waals surface area contributed by atoms with Crippen molar-refractivity contribution in [2.75, 3.05) is 24.6 Å². The van der Waals surface area contributed by atoms with Crippen LogP contribution >= 0.6 is 11.8 Å². The van der Waals surface area contributed by atoms with Crippen LogP contribution in [0, 0.1) is 0 Å². The van der Waals surface area contributed by atoms with E-state index in [0.29, 0.717) is 13.0 Å². The van der Waals surface area contributed by atoms with E-state index in [4.69, 9.17) is 0 Å². The highest BCUT2D eigenvalue weighted by molar-refractivity contribution is 7.99. The zero-order valence-corrected chi connectivity index (χ0v) is 11.9. The van der Waals surface area contributed by atoms with Crippen LogP contribution in [0.3, 0.4) is 0 Å². The zero-order valence-electron chi connectivity index (χ0n) is 11.1. The molecule has 6 heteroatoms. The van der Waals surface area contributed by atoms with Gasteiger partial charge < -0.3 is 16.0 Å². The van der Waals surface area contributed by atoms with Gasteiger partial charge in [0, 0.05) is 37.1 Å². The van der Waals surface area contributed by atoms with Crippen LogP contribution in [0.2, 0.25) is 0 Å². The predicted molar refractivity (Wildman–Crippen MR) is 74.6 cm³/mol. The maximum Gasteiger partial charge on any atom is 0.238 e. The van der Waals surface area contributed by atoms with E-state index in [1.54, 1.807) is 11.8 Å². The Balaban J connectivity index is 2.12. The fraction of sp³-hybridized carbons (Fsp3) is 0.833. The van der Waals surface area contributed by atoms with E-state index in [1.165, 1.54) is 0 Å². The Morgan fingerprint density at radius 1 is 1.50 bits per heavy atom. The Morgan fingerprint density at radius 3 is 2.89 bits per heavy atom. The molecule has 1 aliphatic heterocycles. The number of amides is 2. The lowest BCUT2D eigenvalue weighted by molar-refractivity contribution is -0.123. The van der Waals surface area contributed by atoms with Gasteiger partial charge in [-0.25, -0.2) is 0 Å². The Bertz CT molecular complexity index is 280. The molecular formula is C12H23N3O2S. The number of nitrogens with one attached hydrogen (secondary N) is 3. The first-order chi connectivity index (χ1) is 8.63. The van der Waals surface area contributed by atoms with Crippen LogP contribution in [-0.2, 0) is 9.59 Å². The summed E-state index contributed by atoms with van der Waals surface area (Å²) in [5.74, 6) is 1.86. The molecule has 0 aromatic rings. The van der Waals surface area contributed by atoms with Crippen molar-refractivity contribution in [3.8, 4) is 0 Å². The van der Waals surface area contributed by atoms with E-state index in [-0.39, 0.29) is 23.9 Å². The average Bonchev–Trinajstić information content (AvgIpc) is 2.39. The fourth-order valence-corrected chi connectivity index (χ4v) is 2.54. The standard InChI is InChI=1S/C12H23N3O2S/c1-3-9(2)15-11(16)4-5-14-12(17)10-8-18-7-6-13-10/h9-10,13H,3-8H2,1-2H3,(H,14,17)(H,15,16). The molecular weight excluding hydrogens is 250 g/mol. The number of hydrogen-bond acceptors (Lipinski definition) is 4. The molecule has 1 saturated heterocycles. The smallest absolute Gasteiger partial charge is 0.238 e. The second-order valence-electron chi connectivity index (χ2n) is 4.50. The molecule has 1 rings (SSSR count). The molecule has 5 nitrogen and oxygen atoms in total. The number of carbonyl (C=O) groups excluding carboxylic acids is 2. The molecule has 0 spiro atoms. The van der Waals surface area contributed by atoms with Crippen molar-refractivity contribution in [2.24, 2.45) is 0 Å². The molecule has 0 aliphatic carbocycles. The maximum absolute atomic E-state index is 11.7. The summed E-state index contributed by atoms with van der Waals surface area (Å²) >= 11 is 1.78. The third kappa shape index (κ3) is 5.73. The summed E-state index contributed by atoms with van der Waals surface area (Å²) in [5.41, 5.74) is 0. The van der Waals surface area contributed by atoms with Gasteiger partial charge in [0.25, 0.3) is 0 Å². The second-order valence-corrected chi connectivity index (χ2v) is 5.65. The van der Waals surface area contributed by atoms with Crippen molar-refractivity contribution in [3.05, 3.63) is 0 Å². The minimum absolute atomic E-state index is 0.00135. The van der Waals surface area contributed by atoms with Crippen molar-refractivity contribution in [1.82, 2.24) is 16.0 Å². The molecule has 2 unspecified atom stereocenters. The van der Waals surface area contributed by atoms with Crippen LogP contribution in [0.4, 0.5) is 0 Å². The monoisotopic (exact) mass is 273 g/mol. The summed E-state index contributed by atoms with van der Waals surface area (Å²) in [6.07, 6.45) is 1.26. The Kier molecular flexibility index (Phi) is 7.12. The van der Waals surface area contributed by atoms with Gasteiger partial charge >= 0.3 is 0 Å². The summed E-state index contributed by atoms with van der Waals surface area (Å²) in [5, 5.41) is 8.84. The van der Waals surface area contributed by atoms with Crippen LogP contribution in [0.25, 0.3) is 0 Å². The molecule has 0 aromatic carbocycles. The van der Waals surface area contributed by atoms with Crippen LogP contribution < -0.4 is 16.0 Å². The van der Waals surface area contributed by atoms with Crippen LogP contribution in [0.1, 0.15) is 26.7 Å². The van der Waals surface area contributed by atoms with Gasteiger partial charge in [0.1, 0.15) is 0 Å². The molecule has 0 radical (unpaired) electrons. The van der Waals surface area contributed by atoms with Crippen molar-refractivity contribution >= 4 is 23.6 Å². The summed E-state index contributed by atoms with van der Waals surface area (Å²) in [6.45, 7) is 5.28. The van der Waals surface area contributed by atoms with Gasteiger partial charge in [0.2, 0.25) is 11.8 Å². The molecule has 1 aliphatic rings.